The van der Waals surface area contributed by atoms with Gasteiger partial charge in [-0.1, -0.05) is 46.3 Å². The molecule has 0 N–H and O–H groups in total. The lowest BCUT2D eigenvalue weighted by molar-refractivity contribution is -0.137. The number of aryl methyl sites for hydroxylation is 1. The Hall–Kier alpha value is -3.16. The van der Waals surface area contributed by atoms with E-state index in [4.69, 9.17) is 4.98 Å². The summed E-state index contributed by atoms with van der Waals surface area (Å²) in [5, 5.41) is 0. The highest BCUT2D eigenvalue weighted by molar-refractivity contribution is 9.10. The van der Waals surface area contributed by atoms with Crippen LogP contribution in [-0.2, 0) is 11.3 Å². The summed E-state index contributed by atoms with van der Waals surface area (Å²) in [5.74, 6) is 1.51. The highest BCUT2D eigenvalue weighted by atomic mass is 79.9. The average Bonchev–Trinajstić information content (AvgIpc) is 3.31. The van der Waals surface area contributed by atoms with Gasteiger partial charge in [-0.2, -0.15) is 0 Å². The van der Waals surface area contributed by atoms with E-state index in [1.807, 2.05) is 12.1 Å². The van der Waals surface area contributed by atoms with Crippen LogP contribution in [0.5, 0.6) is 0 Å². The number of hydrogen-bond acceptors (Lipinski definition) is 4. The number of likely N-dealkylation sites (tertiary alicyclic amines) is 1. The van der Waals surface area contributed by atoms with Crippen molar-refractivity contribution in [3.05, 3.63) is 88.7 Å². The van der Waals surface area contributed by atoms with Crippen molar-refractivity contribution in [2.75, 3.05) is 44.2 Å². The minimum Gasteiger partial charge on any atom is -0.368 e. The van der Waals surface area contributed by atoms with E-state index >= 15 is 0 Å². The third-order valence-electron chi connectivity index (χ3n) is 7.96. The maximum atomic E-state index is 13.4. The van der Waals surface area contributed by atoms with Gasteiger partial charge in [0.1, 0.15) is 5.82 Å². The predicted molar refractivity (Wildman–Crippen MR) is 157 cm³/mol. The maximum absolute atomic E-state index is 13.4. The molecule has 2 aliphatic heterocycles. The van der Waals surface area contributed by atoms with Gasteiger partial charge in [-0.25, -0.2) is 4.98 Å². The van der Waals surface area contributed by atoms with Gasteiger partial charge in [0.15, 0.2) is 0 Å². The number of para-hydroxylation sites is 2. The molecule has 2 saturated heterocycles. The zero-order chi connectivity index (χ0) is 26.1. The fraction of sp³-hybridized carbons (Fsp3) is 0.355. The number of hydrogen-bond donors (Lipinski definition) is 0. The molecule has 2 aliphatic rings. The number of halogens is 1. The van der Waals surface area contributed by atoms with Crippen molar-refractivity contribution in [1.29, 1.82) is 0 Å². The second-order valence-electron chi connectivity index (χ2n) is 10.5. The van der Waals surface area contributed by atoms with E-state index in [1.165, 1.54) is 11.3 Å². The fourth-order valence-corrected chi connectivity index (χ4v) is 6.28. The van der Waals surface area contributed by atoms with E-state index in [-0.39, 0.29) is 5.92 Å². The summed E-state index contributed by atoms with van der Waals surface area (Å²) in [6.45, 7) is 8.17. The highest BCUT2D eigenvalue weighted by Crippen LogP contribution is 2.27. The van der Waals surface area contributed by atoms with Gasteiger partial charge < -0.3 is 9.80 Å². The summed E-state index contributed by atoms with van der Waals surface area (Å²) in [6.07, 6.45) is 1.82. The SMILES string of the molecule is Cc1cccc(N2CCN(C(=O)C3CCN(Cc4nc5ccccc5n4-c4cccc(Br)c4)CC3)CC2)c1. The molecule has 0 radical (unpaired) electrons. The second kappa shape index (κ2) is 10.9. The minimum absolute atomic E-state index is 0.126. The molecular formula is C31H34BrN5O. The molecule has 0 aliphatic carbocycles. The normalized spacial score (nSPS) is 17.3. The summed E-state index contributed by atoms with van der Waals surface area (Å²) >= 11 is 3.62. The van der Waals surface area contributed by atoms with Crippen molar-refractivity contribution in [3.63, 3.8) is 0 Å². The van der Waals surface area contributed by atoms with Crippen molar-refractivity contribution >= 4 is 38.6 Å². The molecule has 0 spiro atoms. The lowest BCUT2D eigenvalue weighted by Crippen LogP contribution is -2.51. The number of fused-ring (bicyclic) bond motifs is 1. The monoisotopic (exact) mass is 571 g/mol. The molecule has 2 fully saturated rings. The van der Waals surface area contributed by atoms with Gasteiger partial charge in [0.25, 0.3) is 0 Å². The Morgan fingerprint density at radius 2 is 1.61 bits per heavy atom. The number of anilines is 1. The number of amides is 1. The van der Waals surface area contributed by atoms with Gasteiger partial charge >= 0.3 is 0 Å². The van der Waals surface area contributed by atoms with E-state index in [9.17, 15) is 4.79 Å². The zero-order valence-corrected chi connectivity index (χ0v) is 23.5. The summed E-state index contributed by atoms with van der Waals surface area (Å²) < 4.78 is 3.32. The van der Waals surface area contributed by atoms with Gasteiger partial charge in [0, 0.05) is 47.9 Å². The fourth-order valence-electron chi connectivity index (χ4n) is 5.89. The largest absolute Gasteiger partial charge is 0.368 e. The minimum atomic E-state index is 0.126. The second-order valence-corrected chi connectivity index (χ2v) is 11.4. The molecule has 6 rings (SSSR count). The molecule has 3 heterocycles. The number of rotatable bonds is 5. The Balaban J connectivity index is 1.08. The molecule has 1 amide bonds. The first-order valence-corrected chi connectivity index (χ1v) is 14.4. The van der Waals surface area contributed by atoms with Crippen LogP contribution >= 0.6 is 15.9 Å². The van der Waals surface area contributed by atoms with Crippen molar-refractivity contribution in [2.24, 2.45) is 5.92 Å². The molecule has 196 valence electrons. The molecule has 6 nitrogen and oxygen atoms in total. The van der Waals surface area contributed by atoms with Crippen LogP contribution in [0.4, 0.5) is 5.69 Å². The van der Waals surface area contributed by atoms with Crippen molar-refractivity contribution in [2.45, 2.75) is 26.3 Å². The Labute approximate surface area is 233 Å². The van der Waals surface area contributed by atoms with E-state index in [2.05, 4.69) is 103 Å². The Kier molecular flexibility index (Phi) is 7.22. The van der Waals surface area contributed by atoms with Gasteiger partial charge in [0.05, 0.1) is 17.6 Å². The summed E-state index contributed by atoms with van der Waals surface area (Å²) in [5.41, 5.74) is 5.78. The van der Waals surface area contributed by atoms with Crippen LogP contribution in [0.25, 0.3) is 16.7 Å². The summed E-state index contributed by atoms with van der Waals surface area (Å²) in [6, 6.07) is 25.4. The molecule has 3 aromatic carbocycles. The summed E-state index contributed by atoms with van der Waals surface area (Å²) in [4.78, 5) is 25.3. The molecule has 38 heavy (non-hydrogen) atoms. The van der Waals surface area contributed by atoms with Crippen molar-refractivity contribution in [1.82, 2.24) is 19.4 Å². The molecule has 4 aromatic rings. The lowest BCUT2D eigenvalue weighted by atomic mass is 9.95. The Bertz CT molecular complexity index is 1430. The van der Waals surface area contributed by atoms with Crippen molar-refractivity contribution < 1.29 is 4.79 Å². The number of aromatic nitrogens is 2. The van der Waals surface area contributed by atoms with Gasteiger partial charge in [0.2, 0.25) is 5.91 Å². The number of benzene rings is 3. The predicted octanol–water partition coefficient (Wildman–Crippen LogP) is 5.66. The molecular weight excluding hydrogens is 538 g/mol. The first kappa shape index (κ1) is 25.1. The van der Waals surface area contributed by atoms with Crippen molar-refractivity contribution in [3.8, 4) is 5.69 Å². The smallest absolute Gasteiger partial charge is 0.225 e. The van der Waals surface area contributed by atoms with E-state index in [1.54, 1.807) is 0 Å². The first-order chi connectivity index (χ1) is 18.5. The number of piperazine rings is 1. The number of carbonyl (C=O) groups excluding carboxylic acids is 1. The molecule has 1 aromatic heterocycles. The van der Waals surface area contributed by atoms with Crippen LogP contribution in [0.3, 0.4) is 0 Å². The van der Waals surface area contributed by atoms with Crippen LogP contribution in [0.15, 0.2) is 77.3 Å². The zero-order valence-electron chi connectivity index (χ0n) is 21.9. The van der Waals surface area contributed by atoms with Crippen LogP contribution < -0.4 is 4.90 Å². The quantitative estimate of drug-likeness (QED) is 0.310. The molecule has 0 bridgehead atoms. The van der Waals surface area contributed by atoms with Crippen LogP contribution in [0, 0.1) is 12.8 Å². The molecule has 7 heteroatoms. The molecule has 0 atom stereocenters. The van der Waals surface area contributed by atoms with Crippen LogP contribution in [0.1, 0.15) is 24.2 Å². The standard InChI is InChI=1S/C31H34BrN5O/c1-23-6-4-8-26(20-23)35-16-18-36(19-17-35)31(38)24-12-14-34(15-13-24)22-30-33-28-10-2-3-11-29(28)37(30)27-9-5-7-25(32)21-27/h2-11,20-21,24H,12-19,22H2,1H3. The molecule has 0 unspecified atom stereocenters. The van der Waals surface area contributed by atoms with E-state index in [0.717, 1.165) is 85.7 Å². The summed E-state index contributed by atoms with van der Waals surface area (Å²) in [7, 11) is 0. The number of nitrogens with zero attached hydrogens (tertiary/aromatic N) is 5. The van der Waals surface area contributed by atoms with E-state index in [0.29, 0.717) is 5.91 Å². The highest BCUT2D eigenvalue weighted by Gasteiger charge is 2.31. The van der Waals surface area contributed by atoms with Gasteiger partial charge in [-0.3, -0.25) is 14.3 Å². The number of piperidine rings is 1. The third kappa shape index (κ3) is 5.22. The maximum Gasteiger partial charge on any atom is 0.225 e. The first-order valence-electron chi connectivity index (χ1n) is 13.6. The van der Waals surface area contributed by atoms with E-state index < -0.39 is 0 Å². The Morgan fingerprint density at radius 1 is 0.868 bits per heavy atom. The van der Waals surface area contributed by atoms with Gasteiger partial charge in [-0.15, -0.1) is 0 Å². The van der Waals surface area contributed by atoms with Gasteiger partial charge in [-0.05, 0) is 80.9 Å². The third-order valence-corrected chi connectivity index (χ3v) is 8.45. The van der Waals surface area contributed by atoms with Crippen LogP contribution in [0.2, 0.25) is 0 Å². The molecule has 0 saturated carbocycles. The number of imidazole rings is 1. The number of carbonyl (C=O) groups is 1. The topological polar surface area (TPSA) is 44.6 Å². The lowest BCUT2D eigenvalue weighted by Gasteiger charge is -2.39. The Morgan fingerprint density at radius 3 is 2.37 bits per heavy atom. The average molecular weight is 573 g/mol. The van der Waals surface area contributed by atoms with Crippen LogP contribution in [-0.4, -0.2) is 64.5 Å².